The lowest BCUT2D eigenvalue weighted by molar-refractivity contribution is 0.103. The Morgan fingerprint density at radius 1 is 1.04 bits per heavy atom. The van der Waals surface area contributed by atoms with E-state index < -0.39 is 17.4 Å². The number of hydrogen-bond acceptors (Lipinski definition) is 2. The third-order valence-electron chi connectivity index (χ3n) is 4.49. The summed E-state index contributed by atoms with van der Waals surface area (Å²) in [7, 11) is 0. The van der Waals surface area contributed by atoms with Gasteiger partial charge in [0.25, 0.3) is 5.56 Å². The summed E-state index contributed by atoms with van der Waals surface area (Å²) in [5.41, 5.74) is 1.97. The van der Waals surface area contributed by atoms with Gasteiger partial charge in [0, 0.05) is 23.5 Å². The average molecular weight is 328 g/mol. The number of nitrogens with one attached hydrogen (secondary N) is 1. The molecule has 0 fully saturated rings. The van der Waals surface area contributed by atoms with Gasteiger partial charge in [0.05, 0.1) is 11.1 Å². The zero-order valence-corrected chi connectivity index (χ0v) is 12.7. The second kappa shape index (κ2) is 5.40. The summed E-state index contributed by atoms with van der Waals surface area (Å²) in [4.78, 5) is 28.1. The summed E-state index contributed by atoms with van der Waals surface area (Å²) in [5, 5.41) is 0. The molecule has 0 spiro atoms. The van der Waals surface area contributed by atoms with Crippen molar-refractivity contribution in [3.8, 4) is 0 Å². The number of ketones is 1. The fourth-order valence-corrected chi connectivity index (χ4v) is 3.35. The van der Waals surface area contributed by atoms with Crippen LogP contribution in [0.1, 0.15) is 40.2 Å². The van der Waals surface area contributed by atoms with Crippen LogP contribution in [0.2, 0.25) is 0 Å². The minimum atomic E-state index is -0.916. The average Bonchev–Trinajstić information content (AvgIpc) is 2.95. The highest BCUT2D eigenvalue weighted by molar-refractivity contribution is 6.12. The van der Waals surface area contributed by atoms with Gasteiger partial charge in [-0.25, -0.2) is 8.78 Å². The molecule has 1 aliphatic rings. The van der Waals surface area contributed by atoms with E-state index in [4.69, 9.17) is 0 Å². The number of aromatic nitrogens is 2. The zero-order chi connectivity index (χ0) is 16.8. The maximum absolute atomic E-state index is 14.0. The van der Waals surface area contributed by atoms with Crippen molar-refractivity contribution in [2.45, 2.75) is 25.7 Å². The van der Waals surface area contributed by atoms with Crippen LogP contribution in [0.15, 0.2) is 35.1 Å². The molecule has 6 heteroatoms. The molecule has 1 aliphatic carbocycles. The first-order valence-electron chi connectivity index (χ1n) is 7.81. The third-order valence-corrected chi connectivity index (χ3v) is 4.49. The van der Waals surface area contributed by atoms with E-state index in [-0.39, 0.29) is 16.7 Å². The Labute approximate surface area is 135 Å². The SMILES string of the molecule is O=C(c1ccc(F)cc1F)c1ccc(=O)n2c3c([nH]c12)CCCC3. The molecule has 0 saturated carbocycles. The van der Waals surface area contributed by atoms with E-state index in [1.807, 2.05) is 0 Å². The first-order valence-corrected chi connectivity index (χ1v) is 7.81. The molecule has 2 aromatic heterocycles. The number of pyridine rings is 1. The Morgan fingerprint density at radius 3 is 2.58 bits per heavy atom. The number of halogens is 2. The van der Waals surface area contributed by atoms with Gasteiger partial charge in [0.2, 0.25) is 0 Å². The summed E-state index contributed by atoms with van der Waals surface area (Å²) in [6.45, 7) is 0. The van der Waals surface area contributed by atoms with Gasteiger partial charge < -0.3 is 4.98 Å². The monoisotopic (exact) mass is 328 g/mol. The molecule has 1 N–H and O–H groups in total. The zero-order valence-electron chi connectivity index (χ0n) is 12.7. The Bertz CT molecular complexity index is 1030. The molecule has 0 aliphatic heterocycles. The van der Waals surface area contributed by atoms with Gasteiger partial charge in [-0.3, -0.25) is 14.0 Å². The molecular formula is C18H14F2N2O2. The van der Waals surface area contributed by atoms with Crippen LogP contribution in [0.5, 0.6) is 0 Å². The molecule has 0 unspecified atom stereocenters. The topological polar surface area (TPSA) is 54.3 Å². The number of carbonyl (C=O) groups excluding carboxylic acids is 1. The Kier molecular flexibility index (Phi) is 3.33. The number of rotatable bonds is 2. The predicted octanol–water partition coefficient (Wildman–Crippen LogP) is 3.02. The molecule has 0 saturated heterocycles. The quantitative estimate of drug-likeness (QED) is 0.735. The molecule has 4 rings (SSSR count). The van der Waals surface area contributed by atoms with Crippen molar-refractivity contribution in [1.29, 1.82) is 0 Å². The van der Waals surface area contributed by atoms with Crippen molar-refractivity contribution in [3.05, 3.63) is 74.8 Å². The largest absolute Gasteiger partial charge is 0.343 e. The number of nitrogens with zero attached hydrogens (tertiary/aromatic N) is 1. The smallest absolute Gasteiger partial charge is 0.256 e. The lowest BCUT2D eigenvalue weighted by Crippen LogP contribution is -2.18. The number of hydrogen-bond donors (Lipinski definition) is 1. The van der Waals surface area contributed by atoms with Gasteiger partial charge >= 0.3 is 0 Å². The van der Waals surface area contributed by atoms with Gasteiger partial charge in [-0.2, -0.15) is 0 Å². The molecule has 0 bridgehead atoms. The molecule has 122 valence electrons. The molecular weight excluding hydrogens is 314 g/mol. The van der Waals surface area contributed by atoms with Crippen molar-refractivity contribution in [2.24, 2.45) is 0 Å². The predicted molar refractivity (Wildman–Crippen MR) is 84.5 cm³/mol. The van der Waals surface area contributed by atoms with Gasteiger partial charge in [0.15, 0.2) is 5.78 Å². The first-order chi connectivity index (χ1) is 11.6. The number of H-pyrrole nitrogens is 1. The fourth-order valence-electron chi connectivity index (χ4n) is 3.35. The third kappa shape index (κ3) is 2.18. The lowest BCUT2D eigenvalue weighted by atomic mass is 10.0. The van der Waals surface area contributed by atoms with Crippen LogP contribution in [0, 0.1) is 11.6 Å². The molecule has 24 heavy (non-hydrogen) atoms. The molecule has 0 amide bonds. The summed E-state index contributed by atoms with van der Waals surface area (Å²) < 4.78 is 28.5. The maximum atomic E-state index is 14.0. The van der Waals surface area contributed by atoms with Gasteiger partial charge in [0.1, 0.15) is 17.3 Å². The van der Waals surface area contributed by atoms with Crippen molar-refractivity contribution >= 4 is 11.4 Å². The van der Waals surface area contributed by atoms with E-state index in [2.05, 4.69) is 4.98 Å². The number of imidazole rings is 1. The highest BCUT2D eigenvalue weighted by atomic mass is 19.1. The van der Waals surface area contributed by atoms with E-state index in [9.17, 15) is 18.4 Å². The van der Waals surface area contributed by atoms with Crippen molar-refractivity contribution < 1.29 is 13.6 Å². The van der Waals surface area contributed by atoms with Crippen molar-refractivity contribution in [2.75, 3.05) is 0 Å². The Balaban J connectivity index is 1.94. The standard InChI is InChI=1S/C18H14F2N2O2/c19-10-5-6-11(13(20)9-10)17(24)12-7-8-16(23)22-15-4-2-1-3-14(15)21-18(12)22/h5-9,21H,1-4H2. The van der Waals surface area contributed by atoms with Crippen LogP contribution in [0.3, 0.4) is 0 Å². The minimum absolute atomic E-state index is 0.203. The highest BCUT2D eigenvalue weighted by Crippen LogP contribution is 2.24. The maximum Gasteiger partial charge on any atom is 0.256 e. The van der Waals surface area contributed by atoms with Crippen LogP contribution in [0.25, 0.3) is 5.65 Å². The Hall–Kier alpha value is -2.76. The second-order valence-corrected chi connectivity index (χ2v) is 5.98. The minimum Gasteiger partial charge on any atom is -0.343 e. The molecule has 0 radical (unpaired) electrons. The summed E-state index contributed by atoms with van der Waals surface area (Å²) in [5.74, 6) is -2.24. The fraction of sp³-hybridized carbons (Fsp3) is 0.222. The molecule has 0 atom stereocenters. The van der Waals surface area contributed by atoms with Gasteiger partial charge in [-0.15, -0.1) is 0 Å². The molecule has 1 aromatic carbocycles. The van der Waals surface area contributed by atoms with Crippen LogP contribution in [-0.4, -0.2) is 15.2 Å². The summed E-state index contributed by atoms with van der Waals surface area (Å²) in [6.07, 6.45) is 3.58. The van der Waals surface area contributed by atoms with E-state index in [1.165, 1.54) is 16.5 Å². The Morgan fingerprint density at radius 2 is 1.79 bits per heavy atom. The first kappa shape index (κ1) is 14.8. The molecule has 4 nitrogen and oxygen atoms in total. The van der Waals surface area contributed by atoms with Crippen LogP contribution < -0.4 is 5.56 Å². The van der Waals surface area contributed by atoms with Crippen molar-refractivity contribution in [3.63, 3.8) is 0 Å². The number of fused-ring (bicyclic) bond motifs is 3. The van der Waals surface area contributed by atoms with Crippen LogP contribution in [0.4, 0.5) is 8.78 Å². The van der Waals surface area contributed by atoms with Gasteiger partial charge in [-0.05, 0) is 43.9 Å². The van der Waals surface area contributed by atoms with E-state index in [1.54, 1.807) is 0 Å². The molecule has 3 aromatic rings. The van der Waals surface area contributed by atoms with E-state index in [0.29, 0.717) is 11.7 Å². The van der Waals surface area contributed by atoms with E-state index in [0.717, 1.165) is 49.2 Å². The van der Waals surface area contributed by atoms with Gasteiger partial charge in [-0.1, -0.05) is 0 Å². The summed E-state index contributed by atoms with van der Waals surface area (Å²) >= 11 is 0. The number of aryl methyl sites for hydroxylation is 2. The van der Waals surface area contributed by atoms with Crippen molar-refractivity contribution in [1.82, 2.24) is 9.38 Å². The highest BCUT2D eigenvalue weighted by Gasteiger charge is 2.23. The summed E-state index contributed by atoms with van der Waals surface area (Å²) in [6, 6.07) is 5.55. The number of carbonyl (C=O) groups is 1. The lowest BCUT2D eigenvalue weighted by Gasteiger charge is -2.10. The molecule has 2 heterocycles. The number of aromatic amines is 1. The number of benzene rings is 1. The normalized spacial score (nSPS) is 13.9. The van der Waals surface area contributed by atoms with Crippen LogP contribution in [-0.2, 0) is 12.8 Å². The second-order valence-electron chi connectivity index (χ2n) is 5.98. The van der Waals surface area contributed by atoms with Crippen LogP contribution >= 0.6 is 0 Å². The van der Waals surface area contributed by atoms with E-state index >= 15 is 0 Å².